The topological polar surface area (TPSA) is 80.5 Å². The van der Waals surface area contributed by atoms with Crippen LogP contribution < -0.4 is 15.0 Å². The Morgan fingerprint density at radius 2 is 1.65 bits per heavy atom. The van der Waals surface area contributed by atoms with E-state index in [1.165, 1.54) is 11.1 Å². The average Bonchev–Trinajstić information content (AvgIpc) is 3.43. The largest absolute Gasteiger partial charge is 0.497 e. The van der Waals surface area contributed by atoms with Crippen molar-refractivity contribution in [1.82, 2.24) is 15.5 Å². The maximum atomic E-state index is 13.4. The van der Waals surface area contributed by atoms with E-state index in [-0.39, 0.29) is 6.03 Å². The fourth-order valence-electron chi connectivity index (χ4n) is 4.62. The smallest absolute Gasteiger partial charge is 0.326 e. The summed E-state index contributed by atoms with van der Waals surface area (Å²) < 4.78 is 11.2. The van der Waals surface area contributed by atoms with Crippen LogP contribution in [0.1, 0.15) is 49.4 Å². The number of urea groups is 1. The third kappa shape index (κ3) is 4.72. The number of aryl methyl sites for hydroxylation is 2. The molecule has 2 amide bonds. The number of rotatable bonds is 7. The zero-order valence-corrected chi connectivity index (χ0v) is 21.5. The van der Waals surface area contributed by atoms with E-state index < -0.39 is 6.04 Å². The van der Waals surface area contributed by atoms with Crippen LogP contribution >= 0.6 is 0 Å². The number of hydrogen-bond donors (Lipinski definition) is 1. The summed E-state index contributed by atoms with van der Waals surface area (Å²) in [6.45, 7) is 6.15. The van der Waals surface area contributed by atoms with E-state index in [0.29, 0.717) is 17.5 Å². The highest BCUT2D eigenvalue weighted by Gasteiger charge is 2.36. The number of carbonyl (C=O) groups excluding carboxylic acids is 1. The summed E-state index contributed by atoms with van der Waals surface area (Å²) >= 11 is 0. The zero-order chi connectivity index (χ0) is 25.9. The summed E-state index contributed by atoms with van der Waals surface area (Å²) in [5.41, 5.74) is 6.42. The van der Waals surface area contributed by atoms with E-state index >= 15 is 0 Å². The number of nitrogens with zero attached hydrogens (tertiary/aromatic N) is 3. The molecule has 1 aliphatic rings. The predicted molar refractivity (Wildman–Crippen MR) is 144 cm³/mol. The highest BCUT2D eigenvalue weighted by Crippen LogP contribution is 2.39. The summed E-state index contributed by atoms with van der Waals surface area (Å²) in [4.78, 5) is 19.9. The van der Waals surface area contributed by atoms with Crippen LogP contribution in [-0.4, -0.2) is 23.3 Å². The number of nitrogens with one attached hydrogen (secondary N) is 1. The quantitative estimate of drug-likeness (QED) is 0.314. The molecule has 0 saturated carbocycles. The van der Waals surface area contributed by atoms with Gasteiger partial charge in [-0.05, 0) is 60.7 Å². The standard InChI is InChI=1S/C30H30N4O3/c1-5-20-10-14-22(15-11-20)27-26(29-32-28(33-37-29)23-8-7-9-25(18-23)36-4)19(3)34(30(35)31-27)24-16-12-21(6-2)13-17-24/h7-18,27H,5-6H2,1-4H3,(H,31,35). The van der Waals surface area contributed by atoms with Crippen LogP contribution in [0.25, 0.3) is 17.0 Å². The summed E-state index contributed by atoms with van der Waals surface area (Å²) in [6.07, 6.45) is 1.87. The Balaban J connectivity index is 1.62. The van der Waals surface area contributed by atoms with E-state index in [2.05, 4.69) is 36.5 Å². The molecule has 1 aromatic heterocycles. The third-order valence-electron chi connectivity index (χ3n) is 6.79. The number of allylic oxidation sites excluding steroid dienone is 1. The highest BCUT2D eigenvalue weighted by atomic mass is 16.5. The summed E-state index contributed by atoms with van der Waals surface area (Å²) in [5, 5.41) is 7.43. The molecule has 1 aliphatic heterocycles. The summed E-state index contributed by atoms with van der Waals surface area (Å²) in [6, 6.07) is 23.1. The van der Waals surface area contributed by atoms with Crippen LogP contribution in [0.3, 0.4) is 0 Å². The van der Waals surface area contributed by atoms with Gasteiger partial charge in [-0.2, -0.15) is 4.98 Å². The molecule has 188 valence electrons. The van der Waals surface area contributed by atoms with Crippen molar-refractivity contribution in [2.45, 2.75) is 39.7 Å². The minimum Gasteiger partial charge on any atom is -0.497 e. The highest BCUT2D eigenvalue weighted by molar-refractivity contribution is 6.01. The molecule has 1 unspecified atom stereocenters. The van der Waals surface area contributed by atoms with Gasteiger partial charge in [-0.1, -0.05) is 67.5 Å². The summed E-state index contributed by atoms with van der Waals surface area (Å²) in [5.74, 6) is 1.51. The van der Waals surface area contributed by atoms with Crippen LogP contribution in [0, 0.1) is 0 Å². The number of methoxy groups -OCH3 is 1. The van der Waals surface area contributed by atoms with Crippen molar-refractivity contribution in [3.8, 4) is 17.1 Å². The van der Waals surface area contributed by atoms with Gasteiger partial charge in [0.05, 0.1) is 24.4 Å². The van der Waals surface area contributed by atoms with Gasteiger partial charge in [0.25, 0.3) is 5.89 Å². The van der Waals surface area contributed by atoms with Crippen LogP contribution in [0.2, 0.25) is 0 Å². The minimum atomic E-state index is -0.441. The normalized spacial score (nSPS) is 15.6. The first-order valence-electron chi connectivity index (χ1n) is 12.5. The number of aromatic nitrogens is 2. The van der Waals surface area contributed by atoms with Crippen molar-refractivity contribution in [3.05, 3.63) is 101 Å². The molecule has 0 saturated heterocycles. The van der Waals surface area contributed by atoms with Gasteiger partial charge in [-0.25, -0.2) is 4.79 Å². The Bertz CT molecular complexity index is 1440. The second-order valence-electron chi connectivity index (χ2n) is 8.99. The van der Waals surface area contributed by atoms with E-state index in [1.807, 2.05) is 67.6 Å². The van der Waals surface area contributed by atoms with Crippen LogP contribution in [0.4, 0.5) is 10.5 Å². The van der Waals surface area contributed by atoms with Crippen molar-refractivity contribution >= 4 is 17.3 Å². The van der Waals surface area contributed by atoms with Crippen molar-refractivity contribution < 1.29 is 14.1 Å². The van der Waals surface area contributed by atoms with Gasteiger partial charge in [0.1, 0.15) is 5.75 Å². The molecule has 0 radical (unpaired) electrons. The molecule has 3 aromatic carbocycles. The second-order valence-corrected chi connectivity index (χ2v) is 8.99. The molecule has 5 rings (SSSR count). The molecule has 7 nitrogen and oxygen atoms in total. The van der Waals surface area contributed by atoms with E-state index in [1.54, 1.807) is 12.0 Å². The fraction of sp³-hybridized carbons (Fsp3) is 0.233. The molecule has 2 heterocycles. The SMILES string of the molecule is CCc1ccc(C2NC(=O)N(c3ccc(CC)cc3)C(C)=C2c2nc(-c3cccc(OC)c3)no2)cc1. The van der Waals surface area contributed by atoms with Gasteiger partial charge >= 0.3 is 6.03 Å². The minimum absolute atomic E-state index is 0.206. The monoisotopic (exact) mass is 494 g/mol. The lowest BCUT2D eigenvalue weighted by Gasteiger charge is -2.35. The molecule has 1 atom stereocenters. The fourth-order valence-corrected chi connectivity index (χ4v) is 4.62. The molecular formula is C30H30N4O3. The number of carbonyl (C=O) groups is 1. The van der Waals surface area contributed by atoms with Crippen LogP contribution in [-0.2, 0) is 12.8 Å². The van der Waals surface area contributed by atoms with Gasteiger partial charge in [0.2, 0.25) is 5.82 Å². The molecular weight excluding hydrogens is 464 g/mol. The molecule has 0 bridgehead atoms. The van der Waals surface area contributed by atoms with Crippen molar-refractivity contribution in [2.75, 3.05) is 12.0 Å². The van der Waals surface area contributed by atoms with Gasteiger partial charge in [0, 0.05) is 11.3 Å². The van der Waals surface area contributed by atoms with Gasteiger partial charge < -0.3 is 14.6 Å². The van der Waals surface area contributed by atoms with Gasteiger partial charge in [-0.3, -0.25) is 4.90 Å². The lowest BCUT2D eigenvalue weighted by atomic mass is 9.93. The average molecular weight is 495 g/mol. The molecule has 0 aliphatic carbocycles. The lowest BCUT2D eigenvalue weighted by molar-refractivity contribution is 0.244. The Labute approximate surface area is 216 Å². The van der Waals surface area contributed by atoms with E-state index in [4.69, 9.17) is 14.2 Å². The first-order valence-corrected chi connectivity index (χ1v) is 12.5. The van der Waals surface area contributed by atoms with Crippen LogP contribution in [0.5, 0.6) is 5.75 Å². The predicted octanol–water partition coefficient (Wildman–Crippen LogP) is 6.57. The van der Waals surface area contributed by atoms with Gasteiger partial charge in [-0.15, -0.1) is 0 Å². The van der Waals surface area contributed by atoms with Crippen molar-refractivity contribution in [1.29, 1.82) is 0 Å². The number of amides is 2. The van der Waals surface area contributed by atoms with E-state index in [0.717, 1.165) is 40.9 Å². The Morgan fingerprint density at radius 1 is 0.973 bits per heavy atom. The molecule has 0 spiro atoms. The van der Waals surface area contributed by atoms with Crippen molar-refractivity contribution in [2.24, 2.45) is 0 Å². The van der Waals surface area contributed by atoms with Crippen molar-refractivity contribution in [3.63, 3.8) is 0 Å². The number of hydrogen-bond acceptors (Lipinski definition) is 5. The zero-order valence-electron chi connectivity index (χ0n) is 21.5. The van der Waals surface area contributed by atoms with Gasteiger partial charge in [0.15, 0.2) is 0 Å². The second kappa shape index (κ2) is 10.3. The summed E-state index contributed by atoms with van der Waals surface area (Å²) in [7, 11) is 1.62. The maximum absolute atomic E-state index is 13.4. The lowest BCUT2D eigenvalue weighted by Crippen LogP contribution is -2.46. The molecule has 4 aromatic rings. The molecule has 1 N–H and O–H groups in total. The number of anilines is 1. The number of benzene rings is 3. The van der Waals surface area contributed by atoms with E-state index in [9.17, 15) is 4.79 Å². The molecule has 37 heavy (non-hydrogen) atoms. The molecule has 7 heteroatoms. The Morgan fingerprint density at radius 3 is 2.30 bits per heavy atom. The Hall–Kier alpha value is -4.39. The first kappa shape index (κ1) is 24.3. The first-order chi connectivity index (χ1) is 18.0. The molecule has 0 fully saturated rings. The third-order valence-corrected chi connectivity index (χ3v) is 6.79. The maximum Gasteiger partial charge on any atom is 0.326 e. The number of ether oxygens (including phenoxy) is 1. The Kier molecular flexibility index (Phi) is 6.77. The van der Waals surface area contributed by atoms with Crippen LogP contribution in [0.15, 0.2) is 83.0 Å².